The zero-order valence-electron chi connectivity index (χ0n) is 17.3. The van der Waals surface area contributed by atoms with Crippen molar-refractivity contribution in [3.8, 4) is 0 Å². The Morgan fingerprint density at radius 2 is 1.87 bits per heavy atom. The van der Waals surface area contributed by atoms with Gasteiger partial charge in [0.25, 0.3) is 0 Å². The maximum absolute atomic E-state index is 10.6. The molecular formula is C26H28N2O2. The highest BCUT2D eigenvalue weighted by Crippen LogP contribution is 2.36. The van der Waals surface area contributed by atoms with Gasteiger partial charge < -0.3 is 10.4 Å². The Kier molecular flexibility index (Phi) is 6.24. The Bertz CT molecular complexity index is 1040. The Hall–Kier alpha value is -2.98. The molecule has 0 heterocycles. The van der Waals surface area contributed by atoms with Crippen molar-refractivity contribution in [1.82, 2.24) is 5.32 Å². The van der Waals surface area contributed by atoms with Crippen molar-refractivity contribution in [3.05, 3.63) is 83.4 Å². The number of nitrogens with one attached hydrogen (secondary N) is 1. The van der Waals surface area contributed by atoms with E-state index in [-0.39, 0.29) is 6.54 Å². The molecule has 3 atom stereocenters. The van der Waals surface area contributed by atoms with Crippen LogP contribution >= 0.6 is 0 Å². The molecule has 0 saturated heterocycles. The van der Waals surface area contributed by atoms with Gasteiger partial charge in [-0.2, -0.15) is 0 Å². The van der Waals surface area contributed by atoms with Gasteiger partial charge in [-0.25, -0.2) is 0 Å². The molecule has 0 aliphatic heterocycles. The summed E-state index contributed by atoms with van der Waals surface area (Å²) >= 11 is 0. The number of fused-ring (bicyclic) bond motifs is 1. The standard InChI is InChI=1S/C26H28N2O2/c1-18(24-8-4-6-21-5-2-3-7-25(21)24)28-23-14-13-22(15-23)20-11-9-19(10-12-20)16-27-17-26(29)30/h2-12,16,18,22-23,28H,13-15,17H2,1H3,(H,29,30)/t18-,22?,23?/m1/s1. The zero-order valence-corrected chi connectivity index (χ0v) is 17.3. The molecule has 0 amide bonds. The Labute approximate surface area is 177 Å². The number of nitrogens with zero attached hydrogens (tertiary/aromatic N) is 1. The molecule has 2 N–H and O–H groups in total. The summed E-state index contributed by atoms with van der Waals surface area (Å²) in [6.45, 7) is 2.08. The number of carboxylic acids is 1. The summed E-state index contributed by atoms with van der Waals surface area (Å²) < 4.78 is 0. The molecule has 4 heteroatoms. The summed E-state index contributed by atoms with van der Waals surface area (Å²) in [5, 5.41) is 15.2. The van der Waals surface area contributed by atoms with Crippen molar-refractivity contribution >= 4 is 23.0 Å². The second-order valence-electron chi connectivity index (χ2n) is 8.19. The third kappa shape index (κ3) is 4.77. The maximum Gasteiger partial charge on any atom is 0.325 e. The highest BCUT2D eigenvalue weighted by Gasteiger charge is 2.27. The summed E-state index contributed by atoms with van der Waals surface area (Å²) in [5.74, 6) is -0.350. The molecule has 1 saturated carbocycles. The fourth-order valence-electron chi connectivity index (χ4n) is 4.59. The molecule has 1 aliphatic rings. The summed E-state index contributed by atoms with van der Waals surface area (Å²) in [7, 11) is 0. The van der Waals surface area contributed by atoms with Crippen LogP contribution < -0.4 is 5.32 Å². The molecule has 4 nitrogen and oxygen atoms in total. The molecular weight excluding hydrogens is 372 g/mol. The minimum atomic E-state index is -0.912. The highest BCUT2D eigenvalue weighted by molar-refractivity contribution is 5.86. The SMILES string of the molecule is C[C@@H](NC1CCC(c2ccc(C=NCC(=O)O)cc2)C1)c1cccc2ccccc12. The van der Waals surface area contributed by atoms with E-state index in [1.54, 1.807) is 6.21 Å². The molecule has 4 rings (SSSR count). The van der Waals surface area contributed by atoms with Crippen LogP contribution in [0.25, 0.3) is 10.8 Å². The van der Waals surface area contributed by atoms with Gasteiger partial charge in [0.1, 0.15) is 6.54 Å². The van der Waals surface area contributed by atoms with Crippen LogP contribution in [0.5, 0.6) is 0 Å². The van der Waals surface area contributed by atoms with E-state index < -0.39 is 5.97 Å². The van der Waals surface area contributed by atoms with Gasteiger partial charge in [-0.1, -0.05) is 66.7 Å². The Balaban J connectivity index is 1.37. The van der Waals surface area contributed by atoms with Gasteiger partial charge in [0.05, 0.1) is 0 Å². The van der Waals surface area contributed by atoms with Crippen molar-refractivity contribution in [2.75, 3.05) is 6.54 Å². The summed E-state index contributed by atoms with van der Waals surface area (Å²) in [6.07, 6.45) is 5.14. The van der Waals surface area contributed by atoms with Crippen molar-refractivity contribution in [1.29, 1.82) is 0 Å². The molecule has 3 aromatic carbocycles. The number of aliphatic imine (C=N–C) groups is 1. The van der Waals surface area contributed by atoms with Crippen molar-refractivity contribution in [2.24, 2.45) is 4.99 Å². The van der Waals surface area contributed by atoms with Crippen LogP contribution in [0.15, 0.2) is 71.7 Å². The van der Waals surface area contributed by atoms with Crippen molar-refractivity contribution in [3.63, 3.8) is 0 Å². The topological polar surface area (TPSA) is 61.7 Å². The van der Waals surface area contributed by atoms with Crippen molar-refractivity contribution < 1.29 is 9.90 Å². The van der Waals surface area contributed by atoms with E-state index in [2.05, 4.69) is 71.8 Å². The molecule has 154 valence electrons. The number of benzene rings is 3. The first-order valence-corrected chi connectivity index (χ1v) is 10.7. The predicted molar refractivity (Wildman–Crippen MR) is 122 cm³/mol. The number of rotatable bonds is 7. The molecule has 30 heavy (non-hydrogen) atoms. The number of hydrogen-bond acceptors (Lipinski definition) is 3. The van der Waals surface area contributed by atoms with E-state index in [1.807, 2.05) is 12.1 Å². The lowest BCUT2D eigenvalue weighted by Crippen LogP contribution is -2.29. The van der Waals surface area contributed by atoms with E-state index in [4.69, 9.17) is 5.11 Å². The maximum atomic E-state index is 10.6. The van der Waals surface area contributed by atoms with Gasteiger partial charge in [0, 0.05) is 18.3 Å². The van der Waals surface area contributed by atoms with Crippen LogP contribution in [-0.4, -0.2) is 29.9 Å². The summed E-state index contributed by atoms with van der Waals surface area (Å²) in [5.41, 5.74) is 3.66. The largest absolute Gasteiger partial charge is 0.480 e. The van der Waals surface area contributed by atoms with Crippen LogP contribution in [0.1, 0.15) is 54.8 Å². The van der Waals surface area contributed by atoms with E-state index in [0.29, 0.717) is 18.0 Å². The minimum absolute atomic E-state index is 0.188. The monoisotopic (exact) mass is 400 g/mol. The first-order valence-electron chi connectivity index (χ1n) is 10.7. The Morgan fingerprint density at radius 1 is 1.10 bits per heavy atom. The van der Waals surface area contributed by atoms with Gasteiger partial charge in [0.15, 0.2) is 0 Å². The van der Waals surface area contributed by atoms with Crippen molar-refractivity contribution in [2.45, 2.75) is 44.2 Å². The number of carbonyl (C=O) groups is 1. The average molecular weight is 401 g/mol. The van der Waals surface area contributed by atoms with Crippen LogP contribution in [0.4, 0.5) is 0 Å². The molecule has 2 unspecified atom stereocenters. The average Bonchev–Trinajstić information content (AvgIpc) is 3.22. The number of hydrogen-bond donors (Lipinski definition) is 2. The van der Waals surface area contributed by atoms with Gasteiger partial charge in [-0.05, 0) is 59.6 Å². The molecule has 3 aromatic rings. The molecule has 0 radical (unpaired) electrons. The Morgan fingerprint density at radius 3 is 2.67 bits per heavy atom. The second-order valence-corrected chi connectivity index (χ2v) is 8.19. The molecule has 1 fully saturated rings. The first-order chi connectivity index (χ1) is 14.6. The predicted octanol–water partition coefficient (Wildman–Crippen LogP) is 5.33. The van der Waals surface area contributed by atoms with Gasteiger partial charge >= 0.3 is 5.97 Å². The van der Waals surface area contributed by atoms with E-state index in [9.17, 15) is 4.79 Å². The van der Waals surface area contributed by atoms with E-state index in [1.165, 1.54) is 34.7 Å². The van der Waals surface area contributed by atoms with E-state index in [0.717, 1.165) is 12.0 Å². The number of aliphatic carboxylic acids is 1. The van der Waals surface area contributed by atoms with Gasteiger partial charge in [0.2, 0.25) is 0 Å². The zero-order chi connectivity index (χ0) is 20.9. The first kappa shape index (κ1) is 20.3. The van der Waals surface area contributed by atoms with Crippen LogP contribution in [-0.2, 0) is 4.79 Å². The fraction of sp³-hybridized carbons (Fsp3) is 0.308. The number of carboxylic acid groups (broad SMARTS) is 1. The normalized spacial score (nSPS) is 20.0. The smallest absolute Gasteiger partial charge is 0.325 e. The van der Waals surface area contributed by atoms with Crippen LogP contribution in [0.3, 0.4) is 0 Å². The molecule has 0 spiro atoms. The minimum Gasteiger partial charge on any atom is -0.480 e. The quantitative estimate of drug-likeness (QED) is 0.527. The third-order valence-electron chi connectivity index (χ3n) is 6.08. The van der Waals surface area contributed by atoms with Crippen LogP contribution in [0, 0.1) is 0 Å². The molecule has 0 bridgehead atoms. The molecule has 0 aromatic heterocycles. The van der Waals surface area contributed by atoms with Gasteiger partial charge in [-0.3, -0.25) is 9.79 Å². The van der Waals surface area contributed by atoms with Gasteiger partial charge in [-0.15, -0.1) is 0 Å². The summed E-state index contributed by atoms with van der Waals surface area (Å²) in [6, 6.07) is 24.3. The van der Waals surface area contributed by atoms with E-state index >= 15 is 0 Å². The lowest BCUT2D eigenvalue weighted by molar-refractivity contribution is -0.135. The molecule has 1 aliphatic carbocycles. The summed E-state index contributed by atoms with van der Waals surface area (Å²) in [4.78, 5) is 14.5. The lowest BCUT2D eigenvalue weighted by Gasteiger charge is -2.21. The fourth-order valence-corrected chi connectivity index (χ4v) is 4.59. The lowest BCUT2D eigenvalue weighted by atomic mass is 9.96. The van der Waals surface area contributed by atoms with Crippen LogP contribution in [0.2, 0.25) is 0 Å². The highest BCUT2D eigenvalue weighted by atomic mass is 16.4. The second kappa shape index (κ2) is 9.23. The third-order valence-corrected chi connectivity index (χ3v) is 6.08.